The number of amides is 1. The molecule has 1 N–H and O–H groups in total. The number of rotatable bonds is 8. The lowest BCUT2D eigenvalue weighted by Gasteiger charge is -2.16. The molecule has 164 valence electrons. The second-order valence-corrected chi connectivity index (χ2v) is 8.75. The maximum Gasteiger partial charge on any atom is 0.251 e. The fourth-order valence-corrected chi connectivity index (χ4v) is 4.99. The second kappa shape index (κ2) is 10.5. The highest BCUT2D eigenvalue weighted by atomic mass is 32.2. The smallest absolute Gasteiger partial charge is 0.251 e. The third-order valence-corrected chi connectivity index (χ3v) is 6.62. The summed E-state index contributed by atoms with van der Waals surface area (Å²) in [6, 6.07) is 17.5. The van der Waals surface area contributed by atoms with E-state index in [4.69, 9.17) is 0 Å². The number of carbonyl (C=O) groups excluding carboxylic acids is 1. The van der Waals surface area contributed by atoms with Crippen LogP contribution in [0, 0.1) is 11.3 Å². The van der Waals surface area contributed by atoms with Gasteiger partial charge in [-0.05, 0) is 43.2 Å². The highest BCUT2D eigenvalue weighted by Gasteiger charge is 2.23. The van der Waals surface area contributed by atoms with E-state index < -0.39 is 0 Å². The molecule has 32 heavy (non-hydrogen) atoms. The maximum absolute atomic E-state index is 12.9. The molecule has 0 unspecified atom stereocenters. The maximum atomic E-state index is 12.9. The number of thioether (sulfide) groups is 1. The summed E-state index contributed by atoms with van der Waals surface area (Å²) in [6.07, 6.45) is 8.53. The van der Waals surface area contributed by atoms with E-state index in [0.717, 1.165) is 34.9 Å². The van der Waals surface area contributed by atoms with E-state index in [9.17, 15) is 10.1 Å². The van der Waals surface area contributed by atoms with Crippen LogP contribution in [0.4, 0.5) is 0 Å². The van der Waals surface area contributed by atoms with Crippen LogP contribution in [0.5, 0.6) is 0 Å². The van der Waals surface area contributed by atoms with Gasteiger partial charge in [-0.2, -0.15) is 5.26 Å². The van der Waals surface area contributed by atoms with Gasteiger partial charge in [-0.3, -0.25) is 4.79 Å². The van der Waals surface area contributed by atoms with Crippen LogP contribution in [0.25, 0.3) is 11.1 Å². The van der Waals surface area contributed by atoms with Crippen LogP contribution >= 0.6 is 11.8 Å². The third kappa shape index (κ3) is 4.71. The third-order valence-electron chi connectivity index (χ3n) is 5.98. The summed E-state index contributed by atoms with van der Waals surface area (Å²) < 4.78 is 2.31. The number of hydrogen-bond donors (Lipinski definition) is 1. The molecule has 0 saturated heterocycles. The lowest BCUT2D eigenvalue weighted by Crippen LogP contribution is -2.25. The molecule has 7 heteroatoms. The Kier molecular flexibility index (Phi) is 7.23. The van der Waals surface area contributed by atoms with Gasteiger partial charge in [0.2, 0.25) is 0 Å². The molecule has 1 aliphatic carbocycles. The average Bonchev–Trinajstić information content (AvgIpc) is 3.51. The second-order valence-electron chi connectivity index (χ2n) is 7.97. The molecule has 4 rings (SSSR count). The standard InChI is InChI=1S/C25H27N5OS/c1-32-25-29-28-23(30(25)19-10-3-4-11-19)15-8-16-27-24(31)22-14-7-6-13-21(22)20-12-5-2-9-18(20)17-26/h2,5-7,9,12-14,19H,3-4,8,10-11,15-16H2,1H3,(H,27,31). The van der Waals surface area contributed by atoms with Crippen molar-refractivity contribution in [1.82, 2.24) is 20.1 Å². The Morgan fingerprint density at radius 1 is 1.12 bits per heavy atom. The molecular formula is C25H27N5OS. The molecule has 1 fully saturated rings. The number of benzene rings is 2. The Morgan fingerprint density at radius 3 is 2.59 bits per heavy atom. The molecule has 0 aliphatic heterocycles. The van der Waals surface area contributed by atoms with Crippen molar-refractivity contribution in [3.05, 3.63) is 65.5 Å². The van der Waals surface area contributed by atoms with Crippen molar-refractivity contribution in [2.24, 2.45) is 0 Å². The Hall–Kier alpha value is -3.11. The summed E-state index contributed by atoms with van der Waals surface area (Å²) in [5.74, 6) is 0.884. The first-order valence-electron chi connectivity index (χ1n) is 11.1. The van der Waals surface area contributed by atoms with Crippen molar-refractivity contribution < 1.29 is 4.79 Å². The predicted octanol–water partition coefficient (Wildman–Crippen LogP) is 5.02. The Balaban J connectivity index is 1.41. The summed E-state index contributed by atoms with van der Waals surface area (Å²) in [7, 11) is 0. The zero-order chi connectivity index (χ0) is 22.3. The number of nitriles is 1. The van der Waals surface area contributed by atoms with Crippen molar-refractivity contribution in [2.45, 2.75) is 49.7 Å². The van der Waals surface area contributed by atoms with Crippen molar-refractivity contribution in [1.29, 1.82) is 5.26 Å². The van der Waals surface area contributed by atoms with Crippen molar-refractivity contribution in [3.63, 3.8) is 0 Å². The zero-order valence-electron chi connectivity index (χ0n) is 18.3. The predicted molar refractivity (Wildman–Crippen MR) is 127 cm³/mol. The van der Waals surface area contributed by atoms with Gasteiger partial charge in [-0.25, -0.2) is 0 Å². The van der Waals surface area contributed by atoms with Crippen LogP contribution in [0.2, 0.25) is 0 Å². The van der Waals surface area contributed by atoms with Crippen molar-refractivity contribution >= 4 is 17.7 Å². The first-order chi connectivity index (χ1) is 15.7. The highest BCUT2D eigenvalue weighted by molar-refractivity contribution is 7.98. The van der Waals surface area contributed by atoms with Gasteiger partial charge in [0.1, 0.15) is 5.82 Å². The molecule has 1 aromatic heterocycles. The summed E-state index contributed by atoms with van der Waals surface area (Å²) in [5.41, 5.74) is 2.68. The Bertz CT molecular complexity index is 1130. The number of carbonyl (C=O) groups is 1. The van der Waals surface area contributed by atoms with E-state index in [-0.39, 0.29) is 5.91 Å². The number of nitrogens with one attached hydrogen (secondary N) is 1. The topological polar surface area (TPSA) is 83.6 Å². The number of aromatic nitrogens is 3. The van der Waals surface area contributed by atoms with Gasteiger partial charge in [0.05, 0.1) is 11.6 Å². The minimum Gasteiger partial charge on any atom is -0.352 e. The summed E-state index contributed by atoms with van der Waals surface area (Å²) in [5, 5.41) is 22.3. The highest BCUT2D eigenvalue weighted by Crippen LogP contribution is 2.33. The molecule has 1 amide bonds. The van der Waals surface area contributed by atoms with Crippen LogP contribution in [0.1, 0.15) is 59.9 Å². The molecule has 0 bridgehead atoms. The molecule has 0 atom stereocenters. The quantitative estimate of drug-likeness (QED) is 0.389. The van der Waals surface area contributed by atoms with Crippen LogP contribution in [-0.4, -0.2) is 33.5 Å². The SMILES string of the molecule is CSc1nnc(CCCNC(=O)c2ccccc2-c2ccccc2C#N)n1C1CCCC1. The first kappa shape index (κ1) is 22.1. The normalized spacial score (nSPS) is 13.8. The van der Waals surface area contributed by atoms with E-state index in [1.807, 2.05) is 42.7 Å². The molecule has 0 radical (unpaired) electrons. The van der Waals surface area contributed by atoms with E-state index in [0.29, 0.717) is 23.7 Å². The lowest BCUT2D eigenvalue weighted by molar-refractivity contribution is 0.0953. The lowest BCUT2D eigenvalue weighted by atomic mass is 9.95. The number of hydrogen-bond acceptors (Lipinski definition) is 5. The summed E-state index contributed by atoms with van der Waals surface area (Å²) in [6.45, 7) is 0.555. The fourth-order valence-electron chi connectivity index (χ4n) is 4.42. The minimum absolute atomic E-state index is 0.129. The van der Waals surface area contributed by atoms with Crippen LogP contribution in [0.3, 0.4) is 0 Å². The summed E-state index contributed by atoms with van der Waals surface area (Å²) in [4.78, 5) is 12.9. The van der Waals surface area contributed by atoms with Gasteiger partial charge in [-0.1, -0.05) is 61.0 Å². The Labute approximate surface area is 193 Å². The van der Waals surface area contributed by atoms with Gasteiger partial charge in [-0.15, -0.1) is 10.2 Å². The molecular weight excluding hydrogens is 418 g/mol. The zero-order valence-corrected chi connectivity index (χ0v) is 19.1. The van der Waals surface area contributed by atoms with Gasteiger partial charge in [0.15, 0.2) is 5.16 Å². The minimum atomic E-state index is -0.129. The first-order valence-corrected chi connectivity index (χ1v) is 12.3. The van der Waals surface area contributed by atoms with Gasteiger partial charge in [0, 0.05) is 30.1 Å². The molecule has 2 aromatic carbocycles. The molecule has 6 nitrogen and oxygen atoms in total. The molecule has 1 aliphatic rings. The van der Waals surface area contributed by atoms with E-state index in [1.165, 1.54) is 25.7 Å². The van der Waals surface area contributed by atoms with Crippen LogP contribution in [-0.2, 0) is 6.42 Å². The fraction of sp³-hybridized carbons (Fsp3) is 0.360. The van der Waals surface area contributed by atoms with Crippen molar-refractivity contribution in [2.75, 3.05) is 12.8 Å². The van der Waals surface area contributed by atoms with E-state index in [1.54, 1.807) is 23.9 Å². The largest absolute Gasteiger partial charge is 0.352 e. The molecule has 1 saturated carbocycles. The molecule has 0 spiro atoms. The number of aryl methyl sites for hydroxylation is 1. The average molecular weight is 446 g/mol. The Morgan fingerprint density at radius 2 is 1.84 bits per heavy atom. The molecule has 3 aromatic rings. The summed E-state index contributed by atoms with van der Waals surface area (Å²) >= 11 is 1.64. The van der Waals surface area contributed by atoms with Crippen LogP contribution in [0.15, 0.2) is 53.7 Å². The number of nitrogens with zero attached hydrogens (tertiary/aromatic N) is 4. The van der Waals surface area contributed by atoms with Gasteiger partial charge >= 0.3 is 0 Å². The van der Waals surface area contributed by atoms with E-state index in [2.05, 4.69) is 26.2 Å². The van der Waals surface area contributed by atoms with Gasteiger partial charge < -0.3 is 9.88 Å². The van der Waals surface area contributed by atoms with Crippen molar-refractivity contribution in [3.8, 4) is 17.2 Å². The van der Waals surface area contributed by atoms with Gasteiger partial charge in [0.25, 0.3) is 5.91 Å². The van der Waals surface area contributed by atoms with E-state index >= 15 is 0 Å². The van der Waals surface area contributed by atoms with Crippen LogP contribution < -0.4 is 5.32 Å². The monoisotopic (exact) mass is 445 g/mol. The molecule has 1 heterocycles.